The number of amides is 1. The van der Waals surface area contributed by atoms with E-state index in [2.05, 4.69) is 17.2 Å². The van der Waals surface area contributed by atoms with E-state index in [1.54, 1.807) is 6.08 Å². The maximum atomic E-state index is 12.2. The molecule has 0 heterocycles. The van der Waals surface area contributed by atoms with Crippen molar-refractivity contribution < 1.29 is 9.53 Å². The molecule has 1 aromatic carbocycles. The Hall–Kier alpha value is -1.88. The number of para-hydroxylation sites is 2. The summed E-state index contributed by atoms with van der Waals surface area (Å²) >= 11 is 5.23. The summed E-state index contributed by atoms with van der Waals surface area (Å²) in [6.07, 6.45) is 7.05. The molecule has 2 rings (SSSR count). The molecule has 1 saturated carbocycles. The second-order valence-electron chi connectivity index (χ2n) is 5.37. The number of anilines is 1. The zero-order valence-corrected chi connectivity index (χ0v) is 13.5. The van der Waals surface area contributed by atoms with Gasteiger partial charge in [0, 0.05) is 5.92 Å². The lowest BCUT2D eigenvalue weighted by Gasteiger charge is -2.21. The minimum atomic E-state index is 0.0155. The molecule has 1 amide bonds. The fourth-order valence-corrected chi connectivity index (χ4v) is 2.79. The molecule has 0 bridgehead atoms. The van der Waals surface area contributed by atoms with Crippen LogP contribution in [0.25, 0.3) is 0 Å². The molecule has 1 fully saturated rings. The molecule has 1 aromatic rings. The summed E-state index contributed by atoms with van der Waals surface area (Å²) in [5, 5.41) is 6.13. The Balaban J connectivity index is 1.91. The zero-order valence-electron chi connectivity index (χ0n) is 12.6. The van der Waals surface area contributed by atoms with Gasteiger partial charge >= 0.3 is 0 Å². The number of carbonyl (C=O) groups is 1. The van der Waals surface area contributed by atoms with Crippen LogP contribution in [-0.2, 0) is 4.79 Å². The van der Waals surface area contributed by atoms with Crippen LogP contribution in [0.15, 0.2) is 36.9 Å². The number of ether oxygens (including phenoxy) is 1. The van der Waals surface area contributed by atoms with Crippen LogP contribution in [0, 0.1) is 5.92 Å². The number of hydrogen-bond acceptors (Lipinski definition) is 3. The van der Waals surface area contributed by atoms with Crippen LogP contribution in [0.5, 0.6) is 5.75 Å². The van der Waals surface area contributed by atoms with Crippen LogP contribution in [0.3, 0.4) is 0 Å². The Bertz CT molecular complexity index is 539. The molecular weight excluding hydrogens is 296 g/mol. The van der Waals surface area contributed by atoms with Crippen molar-refractivity contribution in [3.8, 4) is 5.75 Å². The Morgan fingerprint density at radius 2 is 2.05 bits per heavy atom. The summed E-state index contributed by atoms with van der Waals surface area (Å²) in [5.74, 6) is 0.777. The van der Waals surface area contributed by atoms with E-state index in [1.165, 1.54) is 6.42 Å². The number of nitrogens with one attached hydrogen (secondary N) is 2. The first-order valence-corrected chi connectivity index (χ1v) is 8.06. The minimum Gasteiger partial charge on any atom is -0.487 e. The first-order valence-electron chi connectivity index (χ1n) is 7.65. The van der Waals surface area contributed by atoms with E-state index in [0.29, 0.717) is 17.5 Å². The monoisotopic (exact) mass is 318 g/mol. The first kappa shape index (κ1) is 16.5. The molecule has 0 spiro atoms. The Kier molecular flexibility index (Phi) is 6.40. The van der Waals surface area contributed by atoms with E-state index in [0.717, 1.165) is 31.4 Å². The molecule has 22 heavy (non-hydrogen) atoms. The van der Waals surface area contributed by atoms with Gasteiger partial charge in [0.25, 0.3) is 0 Å². The molecule has 2 N–H and O–H groups in total. The summed E-state index contributed by atoms with van der Waals surface area (Å²) in [6.45, 7) is 4.05. The SMILES string of the molecule is C=CCOc1ccccc1NC(=S)NC(=O)C1CCCCC1. The van der Waals surface area contributed by atoms with Crippen LogP contribution in [-0.4, -0.2) is 17.6 Å². The molecule has 118 valence electrons. The molecule has 0 aromatic heterocycles. The first-order chi connectivity index (χ1) is 10.7. The van der Waals surface area contributed by atoms with Gasteiger partial charge in [-0.2, -0.15) is 0 Å². The molecule has 0 unspecified atom stereocenters. The average Bonchev–Trinajstić information content (AvgIpc) is 2.54. The van der Waals surface area contributed by atoms with E-state index < -0.39 is 0 Å². The van der Waals surface area contributed by atoms with Crippen molar-refractivity contribution in [1.29, 1.82) is 0 Å². The highest BCUT2D eigenvalue weighted by atomic mass is 32.1. The van der Waals surface area contributed by atoms with Gasteiger partial charge in [-0.15, -0.1) is 0 Å². The topological polar surface area (TPSA) is 50.4 Å². The fourth-order valence-electron chi connectivity index (χ4n) is 2.58. The highest BCUT2D eigenvalue weighted by molar-refractivity contribution is 7.80. The Morgan fingerprint density at radius 1 is 1.32 bits per heavy atom. The second-order valence-corrected chi connectivity index (χ2v) is 5.78. The Labute approximate surface area is 136 Å². The number of thiocarbonyl (C=S) groups is 1. The number of rotatable bonds is 5. The Morgan fingerprint density at radius 3 is 2.77 bits per heavy atom. The minimum absolute atomic E-state index is 0.0155. The zero-order chi connectivity index (χ0) is 15.8. The summed E-state index contributed by atoms with van der Waals surface area (Å²) in [7, 11) is 0. The fraction of sp³-hybridized carbons (Fsp3) is 0.412. The molecule has 0 radical (unpaired) electrons. The maximum Gasteiger partial charge on any atom is 0.229 e. The summed E-state index contributed by atoms with van der Waals surface area (Å²) in [6, 6.07) is 7.47. The largest absolute Gasteiger partial charge is 0.487 e. The van der Waals surface area contributed by atoms with Crippen LogP contribution in [0.2, 0.25) is 0 Å². The molecular formula is C17H22N2O2S. The third kappa shape index (κ3) is 4.84. The summed E-state index contributed by atoms with van der Waals surface area (Å²) < 4.78 is 5.56. The van der Waals surface area contributed by atoms with E-state index in [1.807, 2.05) is 24.3 Å². The smallest absolute Gasteiger partial charge is 0.229 e. The quantitative estimate of drug-likeness (QED) is 0.643. The lowest BCUT2D eigenvalue weighted by atomic mass is 9.89. The predicted molar refractivity (Wildman–Crippen MR) is 93.1 cm³/mol. The molecule has 4 nitrogen and oxygen atoms in total. The van der Waals surface area contributed by atoms with Crippen LogP contribution in [0.1, 0.15) is 32.1 Å². The molecule has 5 heteroatoms. The van der Waals surface area contributed by atoms with Crippen LogP contribution in [0.4, 0.5) is 5.69 Å². The third-order valence-corrected chi connectivity index (χ3v) is 3.91. The van der Waals surface area contributed by atoms with E-state index >= 15 is 0 Å². The number of carbonyl (C=O) groups excluding carboxylic acids is 1. The van der Waals surface area contributed by atoms with Gasteiger partial charge in [-0.3, -0.25) is 4.79 Å². The molecule has 0 atom stereocenters. The van der Waals surface area contributed by atoms with Gasteiger partial charge in [-0.1, -0.05) is 44.1 Å². The highest BCUT2D eigenvalue weighted by Gasteiger charge is 2.21. The van der Waals surface area contributed by atoms with Crippen molar-refractivity contribution in [2.75, 3.05) is 11.9 Å². The van der Waals surface area contributed by atoms with E-state index in [-0.39, 0.29) is 11.8 Å². The van der Waals surface area contributed by atoms with Gasteiger partial charge in [0.05, 0.1) is 5.69 Å². The molecule has 1 aliphatic carbocycles. The van der Waals surface area contributed by atoms with Crippen molar-refractivity contribution in [1.82, 2.24) is 5.32 Å². The third-order valence-electron chi connectivity index (χ3n) is 3.70. The van der Waals surface area contributed by atoms with Gasteiger partial charge in [0.2, 0.25) is 5.91 Å². The normalized spacial score (nSPS) is 14.9. The van der Waals surface area contributed by atoms with Crippen LogP contribution < -0.4 is 15.4 Å². The highest BCUT2D eigenvalue weighted by Crippen LogP contribution is 2.25. The molecule has 1 aliphatic rings. The standard InChI is InChI=1S/C17H22N2O2S/c1-2-12-21-15-11-7-6-10-14(15)18-17(22)19-16(20)13-8-4-3-5-9-13/h2,6-7,10-11,13H,1,3-5,8-9,12H2,(H2,18,19,20,22). The summed E-state index contributed by atoms with van der Waals surface area (Å²) in [4.78, 5) is 12.2. The van der Waals surface area contributed by atoms with Gasteiger partial charge in [0.1, 0.15) is 12.4 Å². The van der Waals surface area contributed by atoms with Gasteiger partial charge < -0.3 is 15.4 Å². The van der Waals surface area contributed by atoms with Crippen molar-refractivity contribution in [3.63, 3.8) is 0 Å². The summed E-state index contributed by atoms with van der Waals surface area (Å²) in [5.41, 5.74) is 0.735. The molecule has 0 saturated heterocycles. The van der Waals surface area contributed by atoms with Crippen molar-refractivity contribution in [3.05, 3.63) is 36.9 Å². The number of hydrogen-bond donors (Lipinski definition) is 2. The molecule has 0 aliphatic heterocycles. The maximum absolute atomic E-state index is 12.2. The van der Waals surface area contributed by atoms with Crippen molar-refractivity contribution in [2.24, 2.45) is 5.92 Å². The number of benzene rings is 1. The van der Waals surface area contributed by atoms with Crippen LogP contribution >= 0.6 is 12.2 Å². The van der Waals surface area contributed by atoms with Crippen molar-refractivity contribution >= 4 is 28.9 Å². The lowest BCUT2D eigenvalue weighted by molar-refractivity contribution is -0.124. The van der Waals surface area contributed by atoms with E-state index in [4.69, 9.17) is 17.0 Å². The van der Waals surface area contributed by atoms with Gasteiger partial charge in [-0.25, -0.2) is 0 Å². The van der Waals surface area contributed by atoms with E-state index in [9.17, 15) is 4.79 Å². The second kappa shape index (κ2) is 8.54. The average molecular weight is 318 g/mol. The lowest BCUT2D eigenvalue weighted by Crippen LogP contribution is -2.39. The van der Waals surface area contributed by atoms with Gasteiger partial charge in [-0.05, 0) is 37.2 Å². The van der Waals surface area contributed by atoms with Crippen molar-refractivity contribution in [2.45, 2.75) is 32.1 Å². The predicted octanol–water partition coefficient (Wildman–Crippen LogP) is 3.64. The van der Waals surface area contributed by atoms with Gasteiger partial charge in [0.15, 0.2) is 5.11 Å².